The smallest absolute Gasteiger partial charge is 0.337 e. The molecule has 0 saturated heterocycles. The highest BCUT2D eigenvalue weighted by atomic mass is 16.4. The van der Waals surface area contributed by atoms with Crippen molar-refractivity contribution in [2.45, 2.75) is 26.8 Å². The standard InChI is InChI=1S/C14H17N3O2/c1-9(2)17-8-11(7-15-17)16-13-6-10(3)4-5-12(13)14(18)19/h4-9,16H,1-3H3,(H,18,19). The first-order chi connectivity index (χ1) is 8.97. The zero-order chi connectivity index (χ0) is 14.0. The molecule has 0 atom stereocenters. The van der Waals surface area contributed by atoms with Crippen LogP contribution in [0.25, 0.3) is 0 Å². The summed E-state index contributed by atoms with van der Waals surface area (Å²) in [5.41, 5.74) is 2.62. The minimum Gasteiger partial charge on any atom is -0.478 e. The molecule has 2 N–H and O–H groups in total. The second-order valence-electron chi connectivity index (χ2n) is 4.78. The lowest BCUT2D eigenvalue weighted by molar-refractivity contribution is 0.0698. The zero-order valence-corrected chi connectivity index (χ0v) is 11.2. The number of nitrogens with zero attached hydrogens (tertiary/aromatic N) is 2. The van der Waals surface area contributed by atoms with Crippen molar-refractivity contribution in [1.82, 2.24) is 9.78 Å². The quantitative estimate of drug-likeness (QED) is 0.884. The lowest BCUT2D eigenvalue weighted by Gasteiger charge is -2.09. The Labute approximate surface area is 111 Å². The van der Waals surface area contributed by atoms with E-state index in [1.54, 1.807) is 18.3 Å². The van der Waals surface area contributed by atoms with Gasteiger partial charge < -0.3 is 10.4 Å². The van der Waals surface area contributed by atoms with Crippen LogP contribution in [-0.2, 0) is 0 Å². The van der Waals surface area contributed by atoms with Gasteiger partial charge in [0.25, 0.3) is 0 Å². The molecule has 1 aromatic heterocycles. The van der Waals surface area contributed by atoms with Gasteiger partial charge in [-0.25, -0.2) is 4.79 Å². The van der Waals surface area contributed by atoms with Gasteiger partial charge in [0.1, 0.15) is 0 Å². The van der Waals surface area contributed by atoms with Gasteiger partial charge in [0, 0.05) is 12.2 Å². The number of nitrogens with one attached hydrogen (secondary N) is 1. The molecule has 2 aromatic rings. The van der Waals surface area contributed by atoms with Crippen molar-refractivity contribution in [3.8, 4) is 0 Å². The molecular weight excluding hydrogens is 242 g/mol. The average Bonchev–Trinajstić information content (AvgIpc) is 2.77. The van der Waals surface area contributed by atoms with Crippen LogP contribution in [0.3, 0.4) is 0 Å². The lowest BCUT2D eigenvalue weighted by atomic mass is 10.1. The third kappa shape index (κ3) is 2.93. The molecule has 5 heteroatoms. The van der Waals surface area contributed by atoms with Crippen LogP contribution in [0.1, 0.15) is 35.8 Å². The maximum atomic E-state index is 11.2. The Morgan fingerprint density at radius 3 is 2.74 bits per heavy atom. The summed E-state index contributed by atoms with van der Waals surface area (Å²) in [5.74, 6) is -0.946. The van der Waals surface area contributed by atoms with E-state index >= 15 is 0 Å². The van der Waals surface area contributed by atoms with Crippen LogP contribution in [0.4, 0.5) is 11.4 Å². The van der Waals surface area contributed by atoms with Crippen LogP contribution in [-0.4, -0.2) is 20.9 Å². The highest BCUT2D eigenvalue weighted by Crippen LogP contribution is 2.22. The number of hydrogen-bond acceptors (Lipinski definition) is 3. The minimum atomic E-state index is -0.946. The fraction of sp³-hybridized carbons (Fsp3) is 0.286. The molecule has 0 fully saturated rings. The van der Waals surface area contributed by atoms with Crippen molar-refractivity contribution >= 4 is 17.3 Å². The molecule has 1 aromatic carbocycles. The van der Waals surface area contributed by atoms with Gasteiger partial charge >= 0.3 is 5.97 Å². The number of hydrogen-bond donors (Lipinski definition) is 2. The van der Waals surface area contributed by atoms with E-state index in [1.807, 2.05) is 37.7 Å². The summed E-state index contributed by atoms with van der Waals surface area (Å²) in [4.78, 5) is 11.2. The van der Waals surface area contributed by atoms with E-state index in [4.69, 9.17) is 5.11 Å². The van der Waals surface area contributed by atoms with E-state index in [1.165, 1.54) is 0 Å². The van der Waals surface area contributed by atoms with Gasteiger partial charge in [-0.2, -0.15) is 5.10 Å². The molecule has 2 rings (SSSR count). The normalized spacial score (nSPS) is 10.7. The molecule has 0 amide bonds. The Bertz CT molecular complexity index is 602. The van der Waals surface area contributed by atoms with Gasteiger partial charge in [0.2, 0.25) is 0 Å². The summed E-state index contributed by atoms with van der Waals surface area (Å²) < 4.78 is 1.82. The van der Waals surface area contributed by atoms with Gasteiger partial charge in [0.15, 0.2) is 0 Å². The van der Waals surface area contributed by atoms with E-state index < -0.39 is 5.97 Å². The first-order valence-corrected chi connectivity index (χ1v) is 6.12. The number of carboxylic acid groups (broad SMARTS) is 1. The summed E-state index contributed by atoms with van der Waals surface area (Å²) in [5, 5.41) is 16.5. The Kier molecular flexibility index (Phi) is 3.55. The number of rotatable bonds is 4. The van der Waals surface area contributed by atoms with Gasteiger partial charge in [0.05, 0.1) is 23.1 Å². The van der Waals surface area contributed by atoms with E-state index in [0.717, 1.165) is 11.3 Å². The SMILES string of the molecule is Cc1ccc(C(=O)O)c(Nc2cnn(C(C)C)c2)c1. The highest BCUT2D eigenvalue weighted by molar-refractivity contribution is 5.95. The molecule has 100 valence electrons. The van der Waals surface area contributed by atoms with E-state index in [9.17, 15) is 4.79 Å². The van der Waals surface area contributed by atoms with Crippen LogP contribution >= 0.6 is 0 Å². The van der Waals surface area contributed by atoms with Gasteiger partial charge in [-0.3, -0.25) is 4.68 Å². The maximum Gasteiger partial charge on any atom is 0.337 e. The molecular formula is C14H17N3O2. The third-order valence-corrected chi connectivity index (χ3v) is 2.82. The maximum absolute atomic E-state index is 11.2. The van der Waals surface area contributed by atoms with Crippen molar-refractivity contribution in [3.63, 3.8) is 0 Å². The molecule has 19 heavy (non-hydrogen) atoms. The molecule has 0 bridgehead atoms. The highest BCUT2D eigenvalue weighted by Gasteiger charge is 2.11. The minimum absolute atomic E-state index is 0.253. The first kappa shape index (κ1) is 13.1. The average molecular weight is 259 g/mol. The van der Waals surface area contributed by atoms with Gasteiger partial charge in [-0.05, 0) is 38.5 Å². The molecule has 0 aliphatic rings. The Morgan fingerprint density at radius 1 is 1.42 bits per heavy atom. The van der Waals surface area contributed by atoms with Crippen LogP contribution in [0.15, 0.2) is 30.6 Å². The van der Waals surface area contributed by atoms with Crippen molar-refractivity contribution in [1.29, 1.82) is 0 Å². The van der Waals surface area contributed by atoms with Crippen LogP contribution in [0.5, 0.6) is 0 Å². The molecule has 0 aliphatic carbocycles. The molecule has 0 spiro atoms. The summed E-state index contributed by atoms with van der Waals surface area (Å²) in [6, 6.07) is 5.47. The molecule has 0 aliphatic heterocycles. The molecule has 0 saturated carbocycles. The lowest BCUT2D eigenvalue weighted by Crippen LogP contribution is -2.03. The fourth-order valence-corrected chi connectivity index (χ4v) is 1.79. The number of anilines is 2. The topological polar surface area (TPSA) is 67.2 Å². The number of benzene rings is 1. The largest absolute Gasteiger partial charge is 0.478 e. The number of aromatic nitrogens is 2. The zero-order valence-electron chi connectivity index (χ0n) is 11.2. The van der Waals surface area contributed by atoms with Crippen LogP contribution < -0.4 is 5.32 Å². The van der Waals surface area contributed by atoms with Gasteiger partial charge in [-0.15, -0.1) is 0 Å². The summed E-state index contributed by atoms with van der Waals surface area (Å²) in [6.45, 7) is 5.99. The van der Waals surface area contributed by atoms with Crippen molar-refractivity contribution in [2.24, 2.45) is 0 Å². The third-order valence-electron chi connectivity index (χ3n) is 2.82. The van der Waals surface area contributed by atoms with Crippen LogP contribution in [0, 0.1) is 6.92 Å². The van der Waals surface area contributed by atoms with E-state index in [0.29, 0.717) is 5.69 Å². The number of carboxylic acids is 1. The van der Waals surface area contributed by atoms with Gasteiger partial charge in [-0.1, -0.05) is 6.07 Å². The van der Waals surface area contributed by atoms with Crippen LogP contribution in [0.2, 0.25) is 0 Å². The summed E-state index contributed by atoms with van der Waals surface area (Å²) >= 11 is 0. The van der Waals surface area contributed by atoms with E-state index in [-0.39, 0.29) is 11.6 Å². The van der Waals surface area contributed by atoms with Crippen molar-refractivity contribution in [3.05, 3.63) is 41.7 Å². The fourth-order valence-electron chi connectivity index (χ4n) is 1.79. The second-order valence-corrected chi connectivity index (χ2v) is 4.78. The Balaban J connectivity index is 2.31. The van der Waals surface area contributed by atoms with Crippen molar-refractivity contribution in [2.75, 3.05) is 5.32 Å². The summed E-state index contributed by atoms with van der Waals surface area (Å²) in [6.07, 6.45) is 3.55. The monoisotopic (exact) mass is 259 g/mol. The molecule has 5 nitrogen and oxygen atoms in total. The first-order valence-electron chi connectivity index (χ1n) is 6.12. The predicted molar refractivity (Wildman–Crippen MR) is 74.0 cm³/mol. The number of aryl methyl sites for hydroxylation is 1. The molecule has 0 radical (unpaired) electrons. The Morgan fingerprint density at radius 2 is 2.16 bits per heavy atom. The Hall–Kier alpha value is -2.30. The molecule has 0 unspecified atom stereocenters. The molecule has 1 heterocycles. The second kappa shape index (κ2) is 5.14. The number of carbonyl (C=O) groups is 1. The van der Waals surface area contributed by atoms with E-state index in [2.05, 4.69) is 10.4 Å². The predicted octanol–water partition coefficient (Wildman–Crippen LogP) is 3.21. The summed E-state index contributed by atoms with van der Waals surface area (Å²) in [7, 11) is 0. The number of aromatic carboxylic acids is 1. The van der Waals surface area contributed by atoms with Crippen molar-refractivity contribution < 1.29 is 9.90 Å².